The number of nitrogens with zero attached hydrogens (tertiary/aromatic N) is 2. The molecule has 0 bridgehead atoms. The first-order valence-corrected chi connectivity index (χ1v) is 6.93. The molecule has 1 aliphatic carbocycles. The molecule has 0 spiro atoms. The fourth-order valence-electron chi connectivity index (χ4n) is 1.72. The van der Waals surface area contributed by atoms with Crippen molar-refractivity contribution in [3.05, 3.63) is 10.6 Å². The first kappa shape index (κ1) is 12.8. The van der Waals surface area contributed by atoms with Crippen molar-refractivity contribution in [2.45, 2.75) is 32.4 Å². The molecule has 0 saturated heterocycles. The minimum absolute atomic E-state index is 0.731. The van der Waals surface area contributed by atoms with E-state index >= 15 is 0 Å². The van der Waals surface area contributed by atoms with Crippen LogP contribution in [-0.2, 0) is 11.3 Å². The second-order valence-electron chi connectivity index (χ2n) is 4.52. The SMILES string of the molecule is COCCNCc1sc(N(C)C2CC2)nc1C. The van der Waals surface area contributed by atoms with Crippen LogP contribution in [0.4, 0.5) is 5.13 Å². The van der Waals surface area contributed by atoms with Crippen LogP contribution in [0.3, 0.4) is 0 Å². The van der Waals surface area contributed by atoms with Crippen LogP contribution in [-0.4, -0.2) is 38.3 Å². The third kappa shape index (κ3) is 3.40. The molecule has 1 fully saturated rings. The van der Waals surface area contributed by atoms with Crippen LogP contribution < -0.4 is 10.2 Å². The Morgan fingerprint density at radius 2 is 2.29 bits per heavy atom. The average Bonchev–Trinajstić information content (AvgIpc) is 3.09. The Bertz CT molecular complexity index is 363. The smallest absolute Gasteiger partial charge is 0.185 e. The minimum atomic E-state index is 0.731. The second-order valence-corrected chi connectivity index (χ2v) is 5.58. The lowest BCUT2D eigenvalue weighted by molar-refractivity contribution is 0.199. The highest BCUT2D eigenvalue weighted by Gasteiger charge is 2.28. The zero-order valence-electron chi connectivity index (χ0n) is 10.8. The Labute approximate surface area is 107 Å². The lowest BCUT2D eigenvalue weighted by Gasteiger charge is -2.13. The molecule has 1 heterocycles. The van der Waals surface area contributed by atoms with E-state index in [1.165, 1.54) is 17.7 Å². The Kier molecular flexibility index (Phi) is 4.36. The molecule has 1 saturated carbocycles. The summed E-state index contributed by atoms with van der Waals surface area (Å²) in [6, 6.07) is 0.731. The summed E-state index contributed by atoms with van der Waals surface area (Å²) >= 11 is 1.81. The summed E-state index contributed by atoms with van der Waals surface area (Å²) in [5.74, 6) is 0. The number of anilines is 1. The van der Waals surface area contributed by atoms with Gasteiger partial charge in [0, 0.05) is 38.2 Å². The number of aromatic nitrogens is 1. The van der Waals surface area contributed by atoms with Gasteiger partial charge in [-0.1, -0.05) is 0 Å². The van der Waals surface area contributed by atoms with Crippen LogP contribution in [0.5, 0.6) is 0 Å². The van der Waals surface area contributed by atoms with Gasteiger partial charge >= 0.3 is 0 Å². The molecule has 2 rings (SSSR count). The van der Waals surface area contributed by atoms with Crippen LogP contribution in [0.25, 0.3) is 0 Å². The second kappa shape index (κ2) is 5.80. The molecule has 4 nitrogen and oxygen atoms in total. The van der Waals surface area contributed by atoms with Crippen molar-refractivity contribution in [2.75, 3.05) is 32.2 Å². The van der Waals surface area contributed by atoms with Gasteiger partial charge in [-0.2, -0.15) is 0 Å². The van der Waals surface area contributed by atoms with E-state index in [1.54, 1.807) is 18.4 Å². The maximum Gasteiger partial charge on any atom is 0.185 e. The average molecular weight is 255 g/mol. The van der Waals surface area contributed by atoms with E-state index in [-0.39, 0.29) is 0 Å². The monoisotopic (exact) mass is 255 g/mol. The van der Waals surface area contributed by atoms with Gasteiger partial charge in [0.2, 0.25) is 0 Å². The molecular weight excluding hydrogens is 234 g/mol. The largest absolute Gasteiger partial charge is 0.383 e. The van der Waals surface area contributed by atoms with Gasteiger partial charge in [0.1, 0.15) is 0 Å². The highest BCUT2D eigenvalue weighted by Crippen LogP contribution is 2.33. The predicted molar refractivity (Wildman–Crippen MR) is 71.9 cm³/mol. The van der Waals surface area contributed by atoms with Crippen molar-refractivity contribution in [3.63, 3.8) is 0 Å². The molecule has 0 radical (unpaired) electrons. The fraction of sp³-hybridized carbons (Fsp3) is 0.750. The molecule has 0 aromatic carbocycles. The van der Waals surface area contributed by atoms with E-state index < -0.39 is 0 Å². The normalized spacial score (nSPS) is 15.2. The maximum atomic E-state index is 5.01. The molecule has 96 valence electrons. The standard InChI is InChI=1S/C12H21N3OS/c1-9-11(8-13-6-7-16-3)17-12(14-9)15(2)10-4-5-10/h10,13H,4-8H2,1-3H3. The van der Waals surface area contributed by atoms with Crippen LogP contribution in [0.2, 0.25) is 0 Å². The van der Waals surface area contributed by atoms with Gasteiger partial charge in [-0.3, -0.25) is 0 Å². The van der Waals surface area contributed by atoms with Crippen LogP contribution in [0.15, 0.2) is 0 Å². The Balaban J connectivity index is 1.88. The highest BCUT2D eigenvalue weighted by atomic mass is 32.1. The number of aryl methyl sites for hydroxylation is 1. The quantitative estimate of drug-likeness (QED) is 0.754. The zero-order chi connectivity index (χ0) is 12.3. The van der Waals surface area contributed by atoms with Crippen molar-refractivity contribution in [2.24, 2.45) is 0 Å². The Hall–Kier alpha value is -0.650. The zero-order valence-corrected chi connectivity index (χ0v) is 11.6. The Morgan fingerprint density at radius 1 is 1.53 bits per heavy atom. The Morgan fingerprint density at radius 3 is 2.94 bits per heavy atom. The number of ether oxygens (including phenoxy) is 1. The summed E-state index contributed by atoms with van der Waals surface area (Å²) in [7, 11) is 3.88. The molecule has 0 unspecified atom stereocenters. The highest BCUT2D eigenvalue weighted by molar-refractivity contribution is 7.15. The number of rotatable bonds is 7. The summed E-state index contributed by atoms with van der Waals surface area (Å²) in [6.07, 6.45) is 2.63. The lowest BCUT2D eigenvalue weighted by atomic mass is 10.4. The van der Waals surface area contributed by atoms with Crippen LogP contribution >= 0.6 is 11.3 Å². The summed E-state index contributed by atoms with van der Waals surface area (Å²) in [5, 5.41) is 4.53. The summed E-state index contributed by atoms with van der Waals surface area (Å²) in [4.78, 5) is 8.30. The van der Waals surface area contributed by atoms with Crippen molar-refractivity contribution < 1.29 is 4.74 Å². The van der Waals surface area contributed by atoms with Gasteiger partial charge in [0.15, 0.2) is 5.13 Å². The number of hydrogen-bond acceptors (Lipinski definition) is 5. The molecule has 1 aromatic rings. The molecule has 0 atom stereocenters. The van der Waals surface area contributed by atoms with Gasteiger partial charge in [-0.15, -0.1) is 11.3 Å². The van der Waals surface area contributed by atoms with Gasteiger partial charge in [-0.05, 0) is 19.8 Å². The third-order valence-electron chi connectivity index (χ3n) is 3.05. The predicted octanol–water partition coefficient (Wildman–Crippen LogP) is 1.79. The molecule has 5 heteroatoms. The van der Waals surface area contributed by atoms with E-state index in [0.29, 0.717) is 0 Å². The number of hydrogen-bond donors (Lipinski definition) is 1. The third-order valence-corrected chi connectivity index (χ3v) is 4.29. The number of methoxy groups -OCH3 is 1. The molecule has 1 aliphatic rings. The summed E-state index contributed by atoms with van der Waals surface area (Å²) in [5.41, 5.74) is 1.16. The van der Waals surface area contributed by atoms with E-state index in [9.17, 15) is 0 Å². The van der Waals surface area contributed by atoms with E-state index in [4.69, 9.17) is 4.74 Å². The first-order valence-electron chi connectivity index (χ1n) is 6.11. The van der Waals surface area contributed by atoms with Gasteiger partial charge in [-0.25, -0.2) is 4.98 Å². The topological polar surface area (TPSA) is 37.4 Å². The first-order chi connectivity index (χ1) is 8.22. The molecule has 1 N–H and O–H groups in total. The van der Waals surface area contributed by atoms with E-state index in [1.807, 2.05) is 0 Å². The van der Waals surface area contributed by atoms with Crippen molar-refractivity contribution in [1.29, 1.82) is 0 Å². The molecular formula is C12H21N3OS. The van der Waals surface area contributed by atoms with Gasteiger partial charge in [0.05, 0.1) is 12.3 Å². The fourth-order valence-corrected chi connectivity index (χ4v) is 2.79. The van der Waals surface area contributed by atoms with Crippen LogP contribution in [0.1, 0.15) is 23.4 Å². The number of nitrogens with one attached hydrogen (secondary N) is 1. The number of thiazole rings is 1. The molecule has 1 aromatic heterocycles. The van der Waals surface area contributed by atoms with Gasteiger partial charge in [0.25, 0.3) is 0 Å². The molecule has 17 heavy (non-hydrogen) atoms. The molecule has 0 amide bonds. The van der Waals surface area contributed by atoms with Crippen molar-refractivity contribution in [1.82, 2.24) is 10.3 Å². The van der Waals surface area contributed by atoms with E-state index in [2.05, 4.69) is 29.2 Å². The summed E-state index contributed by atoms with van der Waals surface area (Å²) in [6.45, 7) is 4.63. The molecule has 0 aliphatic heterocycles. The van der Waals surface area contributed by atoms with Crippen LogP contribution in [0, 0.1) is 6.92 Å². The summed E-state index contributed by atoms with van der Waals surface area (Å²) < 4.78 is 5.01. The minimum Gasteiger partial charge on any atom is -0.383 e. The maximum absolute atomic E-state index is 5.01. The van der Waals surface area contributed by atoms with Crippen molar-refractivity contribution >= 4 is 16.5 Å². The van der Waals surface area contributed by atoms with Crippen molar-refractivity contribution in [3.8, 4) is 0 Å². The van der Waals surface area contributed by atoms with Gasteiger partial charge < -0.3 is 15.0 Å². The lowest BCUT2D eigenvalue weighted by Crippen LogP contribution is -2.19. The van der Waals surface area contributed by atoms with E-state index in [0.717, 1.165) is 36.6 Å².